The Morgan fingerprint density at radius 2 is 2.18 bits per heavy atom. The average Bonchev–Trinajstić information content (AvgIpc) is 2.71. The van der Waals surface area contributed by atoms with Crippen LogP contribution < -0.4 is 10.1 Å². The molecule has 0 spiro atoms. The molecule has 2 heterocycles. The van der Waals surface area contributed by atoms with E-state index in [2.05, 4.69) is 21.4 Å². The predicted octanol–water partition coefficient (Wildman–Crippen LogP) is 3.15. The highest BCUT2D eigenvalue weighted by Crippen LogP contribution is 2.38. The third-order valence-electron chi connectivity index (χ3n) is 5.07. The van der Waals surface area contributed by atoms with Crippen molar-refractivity contribution in [3.63, 3.8) is 0 Å². The number of hydrogen-bond acceptors (Lipinski definition) is 6. The van der Waals surface area contributed by atoms with Crippen LogP contribution in [0, 0.1) is 0 Å². The Labute approximate surface area is 163 Å². The van der Waals surface area contributed by atoms with Gasteiger partial charge in [0, 0.05) is 31.4 Å². The Morgan fingerprint density at radius 3 is 3.00 bits per heavy atom. The van der Waals surface area contributed by atoms with Gasteiger partial charge < -0.3 is 19.7 Å². The number of rotatable bonds is 4. The van der Waals surface area contributed by atoms with E-state index in [1.54, 1.807) is 25.3 Å². The maximum absolute atomic E-state index is 12.0. The summed E-state index contributed by atoms with van der Waals surface area (Å²) in [4.78, 5) is 22.7. The number of hydrogen-bond donors (Lipinski definition) is 1. The number of methoxy groups -OCH3 is 1. The Morgan fingerprint density at radius 1 is 1.32 bits per heavy atom. The maximum Gasteiger partial charge on any atom is 0.252 e. The van der Waals surface area contributed by atoms with E-state index in [0.717, 1.165) is 28.4 Å². The van der Waals surface area contributed by atoms with E-state index < -0.39 is 5.60 Å². The van der Waals surface area contributed by atoms with Gasteiger partial charge in [0.05, 0.1) is 18.5 Å². The zero-order valence-electron chi connectivity index (χ0n) is 16.1. The number of morpholine rings is 1. The first-order chi connectivity index (χ1) is 13.5. The van der Waals surface area contributed by atoms with Gasteiger partial charge in [0.1, 0.15) is 18.0 Å². The topological polar surface area (TPSA) is 76.6 Å². The van der Waals surface area contributed by atoms with Crippen LogP contribution in [0.15, 0.2) is 54.4 Å². The lowest BCUT2D eigenvalue weighted by atomic mass is 9.87. The van der Waals surface area contributed by atoms with E-state index in [4.69, 9.17) is 9.47 Å². The second-order valence-electron chi connectivity index (χ2n) is 6.99. The van der Waals surface area contributed by atoms with Crippen LogP contribution in [0.1, 0.15) is 19.0 Å². The molecule has 1 amide bonds. The number of amides is 1. The van der Waals surface area contributed by atoms with Gasteiger partial charge in [0.2, 0.25) is 5.95 Å². The Hall–Kier alpha value is -3.19. The monoisotopic (exact) mass is 378 g/mol. The van der Waals surface area contributed by atoms with E-state index in [1.807, 2.05) is 43.3 Å². The Balaban J connectivity index is 1.61. The number of anilines is 2. The van der Waals surface area contributed by atoms with E-state index in [-0.39, 0.29) is 12.5 Å². The zero-order valence-corrected chi connectivity index (χ0v) is 16.1. The highest BCUT2D eigenvalue weighted by molar-refractivity contribution is 5.83. The van der Waals surface area contributed by atoms with Gasteiger partial charge in [-0.1, -0.05) is 12.1 Å². The summed E-state index contributed by atoms with van der Waals surface area (Å²) >= 11 is 0. The van der Waals surface area contributed by atoms with Crippen LogP contribution in [0.25, 0.3) is 5.57 Å². The van der Waals surface area contributed by atoms with Gasteiger partial charge in [0.25, 0.3) is 5.91 Å². The number of carbonyl (C=O) groups excluding carboxylic acids is 1. The molecule has 1 aromatic heterocycles. The van der Waals surface area contributed by atoms with Crippen molar-refractivity contribution < 1.29 is 14.3 Å². The van der Waals surface area contributed by atoms with Crippen LogP contribution in [0.5, 0.6) is 5.75 Å². The molecule has 7 nitrogen and oxygen atoms in total. The molecule has 1 saturated heterocycles. The lowest BCUT2D eigenvalue weighted by molar-refractivity contribution is -0.149. The van der Waals surface area contributed by atoms with Crippen molar-refractivity contribution in [1.29, 1.82) is 0 Å². The predicted molar refractivity (Wildman–Crippen MR) is 106 cm³/mol. The fourth-order valence-corrected chi connectivity index (χ4v) is 3.39. The van der Waals surface area contributed by atoms with Crippen molar-refractivity contribution >= 4 is 23.1 Å². The lowest BCUT2D eigenvalue weighted by Gasteiger charge is -2.42. The molecule has 144 valence electrons. The number of benzene rings is 1. The molecule has 1 unspecified atom stereocenters. The normalized spacial score (nSPS) is 21.5. The fraction of sp³-hybridized carbons (Fsp3) is 0.286. The largest absolute Gasteiger partial charge is 0.497 e. The summed E-state index contributed by atoms with van der Waals surface area (Å²) in [7, 11) is 3.41. The van der Waals surface area contributed by atoms with Crippen LogP contribution in [-0.2, 0) is 9.53 Å². The molecule has 1 aromatic carbocycles. The van der Waals surface area contributed by atoms with Crippen molar-refractivity contribution in [2.75, 3.05) is 26.1 Å². The number of nitrogens with zero attached hydrogens (tertiary/aromatic N) is 3. The molecule has 1 aliphatic carbocycles. The molecular formula is C21H22N4O3. The third kappa shape index (κ3) is 3.36. The summed E-state index contributed by atoms with van der Waals surface area (Å²) in [6.07, 6.45) is 6.45. The van der Waals surface area contributed by atoms with Gasteiger partial charge >= 0.3 is 0 Å². The van der Waals surface area contributed by atoms with Crippen LogP contribution >= 0.6 is 0 Å². The molecule has 0 radical (unpaired) electrons. The first-order valence-electron chi connectivity index (χ1n) is 9.06. The number of carbonyl (C=O) groups is 1. The van der Waals surface area contributed by atoms with Gasteiger partial charge in [-0.25, -0.2) is 9.97 Å². The van der Waals surface area contributed by atoms with Gasteiger partial charge in [-0.3, -0.25) is 4.79 Å². The van der Waals surface area contributed by atoms with Crippen molar-refractivity contribution in [3.05, 3.63) is 60.1 Å². The lowest BCUT2D eigenvalue weighted by Crippen LogP contribution is -2.50. The first-order valence-corrected chi connectivity index (χ1v) is 9.06. The Bertz CT molecular complexity index is 985. The van der Waals surface area contributed by atoms with Crippen molar-refractivity contribution in [1.82, 2.24) is 14.9 Å². The number of ether oxygens (including phenoxy) is 2. The standard InChI is InChI=1S/C21H22N4O3/c1-21-9-7-14(11-18(21)25(2)19(26)13-28-21)17-8-10-22-20(24-17)23-15-5-4-6-16(12-15)27-3/h4-8,10-12H,9,13H2,1-3H3,(H,22,23,24). The second-order valence-corrected chi connectivity index (χ2v) is 6.99. The molecule has 1 fully saturated rings. The van der Waals surface area contributed by atoms with Crippen LogP contribution in [0.2, 0.25) is 0 Å². The molecular weight excluding hydrogens is 356 g/mol. The summed E-state index contributed by atoms with van der Waals surface area (Å²) in [5, 5.41) is 3.20. The first kappa shape index (κ1) is 18.2. The molecule has 1 N–H and O–H groups in total. The number of nitrogens with one attached hydrogen (secondary N) is 1. The van der Waals surface area contributed by atoms with Crippen LogP contribution in [0.3, 0.4) is 0 Å². The quantitative estimate of drug-likeness (QED) is 0.881. The number of fused-ring (bicyclic) bond motifs is 1. The van der Waals surface area contributed by atoms with E-state index in [9.17, 15) is 4.79 Å². The summed E-state index contributed by atoms with van der Waals surface area (Å²) < 4.78 is 11.0. The summed E-state index contributed by atoms with van der Waals surface area (Å²) in [6, 6.07) is 9.43. The highest BCUT2D eigenvalue weighted by atomic mass is 16.5. The molecule has 2 aliphatic rings. The molecule has 7 heteroatoms. The minimum atomic E-state index is -0.485. The minimum absolute atomic E-state index is 0.0481. The van der Waals surface area contributed by atoms with Crippen LogP contribution in [0.4, 0.5) is 11.6 Å². The average molecular weight is 378 g/mol. The summed E-state index contributed by atoms with van der Waals surface area (Å²) in [6.45, 7) is 2.11. The zero-order chi connectivity index (χ0) is 19.7. The molecule has 2 aromatic rings. The molecule has 1 atom stereocenters. The van der Waals surface area contributed by atoms with Crippen LogP contribution in [-0.4, -0.2) is 47.1 Å². The molecule has 0 saturated carbocycles. The molecule has 0 bridgehead atoms. The summed E-state index contributed by atoms with van der Waals surface area (Å²) in [5.41, 5.74) is 2.92. The third-order valence-corrected chi connectivity index (χ3v) is 5.07. The minimum Gasteiger partial charge on any atom is -0.497 e. The van der Waals surface area contributed by atoms with Crippen molar-refractivity contribution in [2.24, 2.45) is 0 Å². The van der Waals surface area contributed by atoms with Gasteiger partial charge in [-0.05, 0) is 36.8 Å². The fourth-order valence-electron chi connectivity index (χ4n) is 3.39. The van der Waals surface area contributed by atoms with Gasteiger partial charge in [-0.15, -0.1) is 0 Å². The SMILES string of the molecule is COc1cccc(Nc2nccc(C3=CCC4(C)OCC(=O)N(C)C4=C3)n2)c1. The number of likely N-dealkylation sites (N-methyl/N-ethyl adjacent to an activating group) is 1. The van der Waals surface area contributed by atoms with E-state index in [1.165, 1.54) is 0 Å². The summed E-state index contributed by atoms with van der Waals surface area (Å²) in [5.74, 6) is 1.20. The van der Waals surface area contributed by atoms with E-state index in [0.29, 0.717) is 12.4 Å². The number of aromatic nitrogens is 2. The van der Waals surface area contributed by atoms with Gasteiger partial charge in [0.15, 0.2) is 0 Å². The highest BCUT2D eigenvalue weighted by Gasteiger charge is 2.40. The maximum atomic E-state index is 12.0. The second kappa shape index (κ2) is 7.09. The van der Waals surface area contributed by atoms with Crippen molar-refractivity contribution in [3.8, 4) is 5.75 Å². The Kier molecular flexibility index (Phi) is 4.60. The van der Waals surface area contributed by atoms with Gasteiger partial charge in [-0.2, -0.15) is 0 Å². The molecule has 1 aliphatic heterocycles. The molecule has 28 heavy (non-hydrogen) atoms. The van der Waals surface area contributed by atoms with Crippen molar-refractivity contribution in [2.45, 2.75) is 18.9 Å². The number of allylic oxidation sites excluding steroid dienone is 2. The molecule has 4 rings (SSSR count). The van der Waals surface area contributed by atoms with E-state index >= 15 is 0 Å². The smallest absolute Gasteiger partial charge is 0.252 e.